The molecule has 0 aliphatic heterocycles. The molecule has 5 nitrogen and oxygen atoms in total. The highest BCUT2D eigenvalue weighted by Gasteiger charge is 2.35. The Labute approximate surface area is 129 Å². The van der Waals surface area contributed by atoms with Crippen molar-refractivity contribution in [3.05, 3.63) is 41.8 Å². The van der Waals surface area contributed by atoms with Crippen LogP contribution in [0.25, 0.3) is 11.5 Å². The molecule has 0 spiro atoms. The fourth-order valence-electron chi connectivity index (χ4n) is 2.30. The summed E-state index contributed by atoms with van der Waals surface area (Å²) < 4.78 is 5.89. The van der Waals surface area contributed by atoms with E-state index >= 15 is 0 Å². The molecular formula is C17H20N2O3. The molecular weight excluding hydrogens is 280 g/mol. The van der Waals surface area contributed by atoms with Crippen molar-refractivity contribution in [2.75, 3.05) is 13.7 Å². The minimum atomic E-state index is -0.253. The average molecular weight is 300 g/mol. The molecule has 5 heteroatoms. The number of nitrogens with zero attached hydrogens (tertiary/aromatic N) is 2. The third kappa shape index (κ3) is 2.76. The summed E-state index contributed by atoms with van der Waals surface area (Å²) in [4.78, 5) is 18.6. The molecule has 1 saturated carbocycles. The van der Waals surface area contributed by atoms with Crippen molar-refractivity contribution in [3.63, 3.8) is 0 Å². The van der Waals surface area contributed by atoms with Gasteiger partial charge in [0.15, 0.2) is 5.69 Å². The highest BCUT2D eigenvalue weighted by Crippen LogP contribution is 2.43. The van der Waals surface area contributed by atoms with Crippen molar-refractivity contribution in [1.29, 1.82) is 0 Å². The lowest BCUT2D eigenvalue weighted by Gasteiger charge is -2.22. The van der Waals surface area contributed by atoms with Gasteiger partial charge in [0.1, 0.15) is 5.76 Å². The van der Waals surface area contributed by atoms with Crippen LogP contribution in [0.5, 0.6) is 0 Å². The van der Waals surface area contributed by atoms with E-state index in [2.05, 4.69) is 4.98 Å². The fourth-order valence-corrected chi connectivity index (χ4v) is 2.30. The van der Waals surface area contributed by atoms with Gasteiger partial charge < -0.3 is 14.4 Å². The Morgan fingerprint density at radius 2 is 2.09 bits per heavy atom. The molecule has 22 heavy (non-hydrogen) atoms. The molecule has 1 N–H and O–H groups in total. The first-order valence-corrected chi connectivity index (χ1v) is 7.56. The molecule has 3 rings (SSSR count). The van der Waals surface area contributed by atoms with Gasteiger partial charge in [-0.2, -0.15) is 0 Å². The minimum Gasteiger partial charge on any atom is -0.440 e. The zero-order chi connectivity index (χ0) is 15.7. The number of aliphatic hydroxyl groups is 1. The second kappa shape index (κ2) is 5.93. The number of aliphatic hydroxyl groups excluding tert-OH is 1. The summed E-state index contributed by atoms with van der Waals surface area (Å²) in [6.07, 6.45) is 2.06. The van der Waals surface area contributed by atoms with Crippen LogP contribution >= 0.6 is 0 Å². The van der Waals surface area contributed by atoms with Gasteiger partial charge in [-0.1, -0.05) is 18.2 Å². The van der Waals surface area contributed by atoms with Gasteiger partial charge in [0, 0.05) is 18.5 Å². The van der Waals surface area contributed by atoms with Crippen LogP contribution in [0, 0.1) is 0 Å². The number of hydrogen-bond donors (Lipinski definition) is 1. The summed E-state index contributed by atoms with van der Waals surface area (Å²) in [6.45, 7) is 1.72. The monoisotopic (exact) mass is 300 g/mol. The van der Waals surface area contributed by atoms with Gasteiger partial charge in [0.05, 0.1) is 12.6 Å². The van der Waals surface area contributed by atoms with Crippen LogP contribution in [0.3, 0.4) is 0 Å². The standard InChI is InChI=1S/C17H20N2O3/c1-11(10-20)19(2)17(21)14-15(12-8-9-12)22-16(18-14)13-6-4-3-5-7-13/h3-7,11-12,20H,8-10H2,1-2H3. The van der Waals surface area contributed by atoms with E-state index in [0.717, 1.165) is 18.4 Å². The molecule has 1 heterocycles. The maximum Gasteiger partial charge on any atom is 0.276 e. The number of oxazole rings is 1. The van der Waals surface area contributed by atoms with Crippen LogP contribution < -0.4 is 0 Å². The Kier molecular flexibility index (Phi) is 3.98. The van der Waals surface area contributed by atoms with Gasteiger partial charge in [0.2, 0.25) is 5.89 Å². The highest BCUT2D eigenvalue weighted by atomic mass is 16.4. The van der Waals surface area contributed by atoms with E-state index in [1.807, 2.05) is 30.3 Å². The van der Waals surface area contributed by atoms with Gasteiger partial charge in [-0.3, -0.25) is 4.79 Å². The van der Waals surface area contributed by atoms with Crippen LogP contribution in [0.2, 0.25) is 0 Å². The first kappa shape index (κ1) is 14.8. The van der Waals surface area contributed by atoms with Crippen molar-refractivity contribution >= 4 is 5.91 Å². The third-order valence-electron chi connectivity index (χ3n) is 4.07. The predicted octanol–water partition coefficient (Wildman–Crippen LogP) is 2.67. The number of aromatic nitrogens is 1. The molecule has 1 aromatic heterocycles. The topological polar surface area (TPSA) is 66.6 Å². The van der Waals surface area contributed by atoms with Crippen molar-refractivity contribution in [2.45, 2.75) is 31.7 Å². The number of amides is 1. The zero-order valence-electron chi connectivity index (χ0n) is 12.8. The summed E-state index contributed by atoms with van der Waals surface area (Å²) in [5.74, 6) is 1.26. The smallest absolute Gasteiger partial charge is 0.276 e. The number of likely N-dealkylation sites (N-methyl/N-ethyl adjacent to an activating group) is 1. The Morgan fingerprint density at radius 1 is 1.41 bits per heavy atom. The Bertz CT molecular complexity index is 662. The molecule has 0 bridgehead atoms. The van der Waals surface area contributed by atoms with Crippen LogP contribution in [-0.4, -0.2) is 40.6 Å². The number of carbonyl (C=O) groups is 1. The quantitative estimate of drug-likeness (QED) is 0.922. The maximum atomic E-state index is 12.6. The average Bonchev–Trinajstić information content (AvgIpc) is 3.32. The molecule has 0 saturated heterocycles. The summed E-state index contributed by atoms with van der Waals surface area (Å²) in [7, 11) is 1.68. The van der Waals surface area contributed by atoms with Crippen molar-refractivity contribution in [3.8, 4) is 11.5 Å². The summed E-state index contributed by atoms with van der Waals surface area (Å²) in [6, 6.07) is 9.33. The summed E-state index contributed by atoms with van der Waals surface area (Å²) in [5.41, 5.74) is 1.24. The lowest BCUT2D eigenvalue weighted by Crippen LogP contribution is -2.37. The van der Waals surface area contributed by atoms with Crippen LogP contribution in [0.4, 0.5) is 0 Å². The zero-order valence-corrected chi connectivity index (χ0v) is 12.8. The van der Waals surface area contributed by atoms with E-state index in [-0.39, 0.29) is 18.6 Å². The van der Waals surface area contributed by atoms with Crippen molar-refractivity contribution in [2.24, 2.45) is 0 Å². The molecule has 1 fully saturated rings. The van der Waals surface area contributed by atoms with Crippen LogP contribution in [0.15, 0.2) is 34.7 Å². The van der Waals surface area contributed by atoms with Gasteiger partial charge in [-0.15, -0.1) is 0 Å². The van der Waals surface area contributed by atoms with Crippen LogP contribution in [-0.2, 0) is 0 Å². The SMILES string of the molecule is CC(CO)N(C)C(=O)c1nc(-c2ccccc2)oc1C1CC1. The molecule has 2 aromatic rings. The number of rotatable bonds is 5. The van der Waals surface area contributed by atoms with Gasteiger partial charge in [-0.25, -0.2) is 4.98 Å². The second-order valence-corrected chi connectivity index (χ2v) is 5.82. The first-order chi connectivity index (χ1) is 10.6. The fraction of sp³-hybridized carbons (Fsp3) is 0.412. The van der Waals surface area contributed by atoms with Gasteiger partial charge >= 0.3 is 0 Å². The van der Waals surface area contributed by atoms with Crippen LogP contribution in [0.1, 0.15) is 41.9 Å². The highest BCUT2D eigenvalue weighted by molar-refractivity contribution is 5.94. The molecule has 1 amide bonds. The van der Waals surface area contributed by atoms with E-state index in [0.29, 0.717) is 23.3 Å². The third-order valence-corrected chi connectivity index (χ3v) is 4.07. The largest absolute Gasteiger partial charge is 0.440 e. The van der Waals surface area contributed by atoms with Crippen molar-refractivity contribution in [1.82, 2.24) is 9.88 Å². The molecule has 1 atom stereocenters. The van der Waals surface area contributed by atoms with Gasteiger partial charge in [0.25, 0.3) is 5.91 Å². The first-order valence-electron chi connectivity index (χ1n) is 7.56. The molecule has 1 aliphatic rings. The number of hydrogen-bond acceptors (Lipinski definition) is 4. The lowest BCUT2D eigenvalue weighted by atomic mass is 10.2. The molecule has 116 valence electrons. The van der Waals surface area contributed by atoms with E-state index in [9.17, 15) is 9.90 Å². The minimum absolute atomic E-state index is 0.0790. The maximum absolute atomic E-state index is 12.6. The molecule has 1 aromatic carbocycles. The molecule has 1 unspecified atom stereocenters. The summed E-state index contributed by atoms with van der Waals surface area (Å²) in [5, 5.41) is 9.24. The molecule has 0 radical (unpaired) electrons. The Balaban J connectivity index is 1.96. The number of carbonyl (C=O) groups excluding carboxylic acids is 1. The predicted molar refractivity (Wildman–Crippen MR) is 82.6 cm³/mol. The van der Waals surface area contributed by atoms with E-state index < -0.39 is 0 Å². The summed E-state index contributed by atoms with van der Waals surface area (Å²) >= 11 is 0. The molecule has 1 aliphatic carbocycles. The Hall–Kier alpha value is -2.14. The van der Waals surface area contributed by atoms with E-state index in [1.54, 1.807) is 14.0 Å². The van der Waals surface area contributed by atoms with Crippen molar-refractivity contribution < 1.29 is 14.3 Å². The normalized spacial score (nSPS) is 15.6. The van der Waals surface area contributed by atoms with Gasteiger partial charge in [-0.05, 0) is 31.9 Å². The van der Waals surface area contributed by atoms with E-state index in [1.165, 1.54) is 4.90 Å². The number of benzene rings is 1. The second-order valence-electron chi connectivity index (χ2n) is 5.82. The Morgan fingerprint density at radius 3 is 2.68 bits per heavy atom. The van der Waals surface area contributed by atoms with E-state index in [4.69, 9.17) is 4.42 Å². The lowest BCUT2D eigenvalue weighted by molar-refractivity contribution is 0.0674.